The number of nitrogens with zero attached hydrogens (tertiary/aromatic N) is 1. The predicted octanol–water partition coefficient (Wildman–Crippen LogP) is 2.75. The fraction of sp³-hybridized carbons (Fsp3) is 0.188. The average molecular weight is 297 g/mol. The molecule has 1 heterocycles. The molecule has 0 aromatic heterocycles. The predicted molar refractivity (Wildman–Crippen MR) is 83.6 cm³/mol. The molecule has 1 aliphatic heterocycles. The van der Waals surface area contributed by atoms with Crippen molar-refractivity contribution >= 4 is 28.4 Å². The number of nitro groups is 1. The van der Waals surface area contributed by atoms with Crippen LogP contribution in [-0.2, 0) is 4.79 Å². The van der Waals surface area contributed by atoms with Crippen molar-refractivity contribution in [1.29, 1.82) is 0 Å². The number of nitro benzene ring substituents is 1. The summed E-state index contributed by atoms with van der Waals surface area (Å²) >= 11 is 0. The van der Waals surface area contributed by atoms with Crippen LogP contribution in [0.1, 0.15) is 19.4 Å². The van der Waals surface area contributed by atoms with Gasteiger partial charge in [0.1, 0.15) is 0 Å². The van der Waals surface area contributed by atoms with Crippen LogP contribution in [0.25, 0.3) is 16.8 Å². The minimum atomic E-state index is -0.759. The molecular weight excluding hydrogens is 282 g/mol. The minimum absolute atomic E-state index is 0.0168. The fourth-order valence-corrected chi connectivity index (χ4v) is 2.51. The Hall–Kier alpha value is -2.89. The minimum Gasteiger partial charge on any atom is -0.302 e. The van der Waals surface area contributed by atoms with Crippen molar-refractivity contribution in [3.8, 4) is 0 Å². The number of carbonyl (C=O) groups excluding carboxylic acids is 1. The third-order valence-electron chi connectivity index (χ3n) is 3.98. The lowest BCUT2D eigenvalue weighted by atomic mass is 9.88. The summed E-state index contributed by atoms with van der Waals surface area (Å²) in [6.07, 6.45) is 1.68. The molecule has 2 N–H and O–H groups in total. The van der Waals surface area contributed by atoms with Gasteiger partial charge in [-0.15, -0.1) is 0 Å². The molecule has 112 valence electrons. The quantitative estimate of drug-likeness (QED) is 0.659. The van der Waals surface area contributed by atoms with Crippen LogP contribution >= 0.6 is 0 Å². The number of carbonyl (C=O) groups is 1. The second-order valence-corrected chi connectivity index (χ2v) is 5.74. The van der Waals surface area contributed by atoms with Gasteiger partial charge in [-0.1, -0.05) is 24.3 Å². The van der Waals surface area contributed by atoms with E-state index < -0.39 is 10.3 Å². The van der Waals surface area contributed by atoms with Crippen LogP contribution in [0.3, 0.4) is 0 Å². The van der Waals surface area contributed by atoms with Crippen LogP contribution in [0.15, 0.2) is 42.1 Å². The van der Waals surface area contributed by atoms with E-state index in [2.05, 4.69) is 10.9 Å². The highest BCUT2D eigenvalue weighted by Gasteiger charge is 2.38. The molecule has 0 bridgehead atoms. The van der Waals surface area contributed by atoms with Gasteiger partial charge in [0.25, 0.3) is 5.69 Å². The van der Waals surface area contributed by atoms with Gasteiger partial charge in [0.05, 0.1) is 15.9 Å². The second-order valence-electron chi connectivity index (χ2n) is 5.74. The standard InChI is InChI=1S/C16H15N3O3/c1-16(2)14(17-18-15(16)20)9-12-11-6-4-3-5-10(11)7-8-13(12)19(21)22/h3-9,17H,1-2H3,(H,18,20)/b14-9-. The third kappa shape index (κ3) is 2.09. The Kier molecular flexibility index (Phi) is 3.09. The zero-order chi connectivity index (χ0) is 15.9. The van der Waals surface area contributed by atoms with E-state index in [9.17, 15) is 14.9 Å². The maximum absolute atomic E-state index is 11.8. The normalized spacial score (nSPS) is 18.3. The first-order valence-electron chi connectivity index (χ1n) is 6.86. The molecule has 6 heteroatoms. The molecule has 22 heavy (non-hydrogen) atoms. The van der Waals surface area contributed by atoms with E-state index in [1.165, 1.54) is 6.07 Å². The number of hydrazine groups is 1. The van der Waals surface area contributed by atoms with E-state index in [-0.39, 0.29) is 11.6 Å². The van der Waals surface area contributed by atoms with Crippen molar-refractivity contribution in [3.05, 3.63) is 57.8 Å². The summed E-state index contributed by atoms with van der Waals surface area (Å²) in [5.41, 5.74) is 5.73. The van der Waals surface area contributed by atoms with E-state index in [4.69, 9.17) is 0 Å². The first-order valence-corrected chi connectivity index (χ1v) is 6.86. The summed E-state index contributed by atoms with van der Waals surface area (Å²) < 4.78 is 0. The highest BCUT2D eigenvalue weighted by molar-refractivity contribution is 5.96. The topological polar surface area (TPSA) is 84.3 Å². The van der Waals surface area contributed by atoms with Gasteiger partial charge in [-0.3, -0.25) is 20.3 Å². The summed E-state index contributed by atoms with van der Waals surface area (Å²) in [6.45, 7) is 3.54. The van der Waals surface area contributed by atoms with E-state index in [0.717, 1.165) is 10.8 Å². The number of benzene rings is 2. The van der Waals surface area contributed by atoms with Crippen LogP contribution in [-0.4, -0.2) is 10.8 Å². The van der Waals surface area contributed by atoms with Crippen LogP contribution < -0.4 is 10.9 Å². The molecule has 1 aliphatic rings. The molecule has 0 aliphatic carbocycles. The van der Waals surface area contributed by atoms with Gasteiger partial charge in [0.2, 0.25) is 5.91 Å². The first-order chi connectivity index (χ1) is 10.4. The Morgan fingerprint density at radius 2 is 1.86 bits per heavy atom. The number of hydrogen-bond donors (Lipinski definition) is 2. The van der Waals surface area contributed by atoms with Crippen LogP contribution in [0.4, 0.5) is 5.69 Å². The Bertz CT molecular complexity index is 824. The Morgan fingerprint density at radius 3 is 2.50 bits per heavy atom. The van der Waals surface area contributed by atoms with Gasteiger partial charge < -0.3 is 5.43 Å². The first kappa shape index (κ1) is 14.1. The largest absolute Gasteiger partial charge is 0.302 e. The second kappa shape index (κ2) is 4.84. The van der Waals surface area contributed by atoms with Crippen molar-refractivity contribution in [2.45, 2.75) is 13.8 Å². The number of fused-ring (bicyclic) bond motifs is 1. The van der Waals surface area contributed by atoms with Gasteiger partial charge in [-0.25, -0.2) is 0 Å². The van der Waals surface area contributed by atoms with Crippen molar-refractivity contribution in [2.75, 3.05) is 0 Å². The SMILES string of the molecule is CC1(C)C(=O)NN/C1=C\c1c([N+](=O)[O-])ccc2ccccc12. The van der Waals surface area contributed by atoms with Gasteiger partial charge in [-0.2, -0.15) is 0 Å². The van der Waals surface area contributed by atoms with E-state index in [1.54, 1.807) is 26.0 Å². The fourth-order valence-electron chi connectivity index (χ4n) is 2.51. The van der Waals surface area contributed by atoms with Crippen molar-refractivity contribution in [2.24, 2.45) is 5.41 Å². The molecule has 2 aromatic carbocycles. The molecule has 1 fully saturated rings. The van der Waals surface area contributed by atoms with E-state index in [0.29, 0.717) is 11.3 Å². The van der Waals surface area contributed by atoms with Crippen LogP contribution in [0, 0.1) is 15.5 Å². The zero-order valence-corrected chi connectivity index (χ0v) is 12.2. The maximum Gasteiger partial charge on any atom is 0.277 e. The Labute approximate surface area is 126 Å². The van der Waals surface area contributed by atoms with Gasteiger partial charge in [0.15, 0.2) is 0 Å². The summed E-state index contributed by atoms with van der Waals surface area (Å²) in [4.78, 5) is 22.8. The number of amides is 1. The van der Waals surface area contributed by atoms with E-state index >= 15 is 0 Å². The molecule has 1 amide bonds. The lowest BCUT2D eigenvalue weighted by Gasteiger charge is -2.14. The van der Waals surface area contributed by atoms with Gasteiger partial charge in [-0.05, 0) is 36.8 Å². The van der Waals surface area contributed by atoms with Gasteiger partial charge >= 0.3 is 0 Å². The third-order valence-corrected chi connectivity index (χ3v) is 3.98. The Morgan fingerprint density at radius 1 is 1.14 bits per heavy atom. The number of nitrogens with one attached hydrogen (secondary N) is 2. The molecule has 0 saturated carbocycles. The molecule has 0 unspecified atom stereocenters. The molecule has 3 rings (SSSR count). The lowest BCUT2D eigenvalue weighted by molar-refractivity contribution is -0.384. The average Bonchev–Trinajstić information content (AvgIpc) is 2.74. The monoisotopic (exact) mass is 297 g/mol. The van der Waals surface area contributed by atoms with Crippen molar-refractivity contribution in [3.63, 3.8) is 0 Å². The summed E-state index contributed by atoms with van der Waals surface area (Å²) in [5, 5.41) is 13.0. The summed E-state index contributed by atoms with van der Waals surface area (Å²) in [6, 6.07) is 10.7. The maximum atomic E-state index is 11.8. The highest BCUT2D eigenvalue weighted by Crippen LogP contribution is 2.34. The molecular formula is C16H15N3O3. The van der Waals surface area contributed by atoms with Gasteiger partial charge in [0, 0.05) is 11.8 Å². The summed E-state index contributed by atoms with van der Waals surface area (Å²) in [7, 11) is 0. The van der Waals surface area contributed by atoms with Crippen molar-refractivity contribution in [1.82, 2.24) is 10.9 Å². The smallest absolute Gasteiger partial charge is 0.277 e. The number of rotatable bonds is 2. The molecule has 0 atom stereocenters. The highest BCUT2D eigenvalue weighted by atomic mass is 16.6. The molecule has 0 radical (unpaired) electrons. The van der Waals surface area contributed by atoms with Crippen LogP contribution in [0.5, 0.6) is 0 Å². The molecule has 1 saturated heterocycles. The van der Waals surface area contributed by atoms with E-state index in [1.807, 2.05) is 24.3 Å². The molecule has 6 nitrogen and oxygen atoms in total. The lowest BCUT2D eigenvalue weighted by Crippen LogP contribution is -2.28. The Balaban J connectivity index is 2.27. The summed E-state index contributed by atoms with van der Waals surface area (Å²) in [5.74, 6) is -0.165. The molecule has 0 spiro atoms. The number of hydrogen-bond acceptors (Lipinski definition) is 4. The molecule has 2 aromatic rings. The van der Waals surface area contributed by atoms with Crippen molar-refractivity contribution < 1.29 is 9.72 Å². The van der Waals surface area contributed by atoms with Crippen LogP contribution in [0.2, 0.25) is 0 Å². The zero-order valence-electron chi connectivity index (χ0n) is 12.2.